The Hall–Kier alpha value is -3.85. The summed E-state index contributed by atoms with van der Waals surface area (Å²) < 4.78 is 16.5. The molecule has 0 aliphatic carbocycles. The smallest absolute Gasteiger partial charge is 0.328 e. The second-order valence-electron chi connectivity index (χ2n) is 8.47. The van der Waals surface area contributed by atoms with Gasteiger partial charge in [-0.3, -0.25) is 9.78 Å². The number of aromatic nitrogens is 5. The van der Waals surface area contributed by atoms with Crippen molar-refractivity contribution in [1.82, 2.24) is 24.5 Å². The van der Waals surface area contributed by atoms with E-state index in [1.807, 2.05) is 24.3 Å². The molecular weight excluding hydrogens is 437 g/mol. The van der Waals surface area contributed by atoms with Crippen molar-refractivity contribution in [3.8, 4) is 11.1 Å². The SMILES string of the molecule is C[C@@](O)(Cn1nncc1CCCCn1ccc(=O)[nH]c1=O)c1ccccc1-c1ccc(F)cc1. The molecule has 2 aromatic carbocycles. The van der Waals surface area contributed by atoms with E-state index in [1.54, 1.807) is 29.9 Å². The summed E-state index contributed by atoms with van der Waals surface area (Å²) in [5, 5.41) is 19.6. The van der Waals surface area contributed by atoms with E-state index in [-0.39, 0.29) is 12.4 Å². The lowest BCUT2D eigenvalue weighted by Gasteiger charge is -2.27. The first-order chi connectivity index (χ1) is 16.3. The van der Waals surface area contributed by atoms with E-state index in [0.29, 0.717) is 18.5 Å². The molecule has 0 fully saturated rings. The normalized spacial score (nSPS) is 13.0. The molecule has 8 nitrogen and oxygen atoms in total. The second kappa shape index (κ2) is 9.96. The van der Waals surface area contributed by atoms with Crippen molar-refractivity contribution < 1.29 is 9.50 Å². The van der Waals surface area contributed by atoms with Crippen LogP contribution in [-0.4, -0.2) is 29.7 Å². The van der Waals surface area contributed by atoms with Crippen LogP contribution in [0.3, 0.4) is 0 Å². The molecule has 0 unspecified atom stereocenters. The lowest BCUT2D eigenvalue weighted by molar-refractivity contribution is 0.0337. The number of hydrogen-bond donors (Lipinski definition) is 2. The van der Waals surface area contributed by atoms with Crippen LogP contribution in [0.2, 0.25) is 0 Å². The van der Waals surface area contributed by atoms with E-state index in [9.17, 15) is 19.1 Å². The molecule has 0 radical (unpaired) electrons. The van der Waals surface area contributed by atoms with Crippen molar-refractivity contribution in [2.45, 2.75) is 44.9 Å². The van der Waals surface area contributed by atoms with Gasteiger partial charge in [-0.05, 0) is 55.0 Å². The number of aliphatic hydroxyl groups is 1. The molecule has 1 atom stereocenters. The van der Waals surface area contributed by atoms with E-state index in [0.717, 1.165) is 29.7 Å². The first kappa shape index (κ1) is 23.3. The third kappa shape index (κ3) is 5.37. The highest BCUT2D eigenvalue weighted by atomic mass is 19.1. The van der Waals surface area contributed by atoms with Crippen LogP contribution >= 0.6 is 0 Å². The summed E-state index contributed by atoms with van der Waals surface area (Å²) in [5.74, 6) is -0.314. The van der Waals surface area contributed by atoms with E-state index >= 15 is 0 Å². The lowest BCUT2D eigenvalue weighted by Crippen LogP contribution is -2.30. The Morgan fingerprint density at radius 3 is 2.59 bits per heavy atom. The maximum absolute atomic E-state index is 13.4. The molecule has 2 aromatic heterocycles. The minimum atomic E-state index is -1.25. The summed E-state index contributed by atoms with van der Waals surface area (Å²) in [4.78, 5) is 25.2. The number of aryl methyl sites for hydroxylation is 2. The molecule has 2 N–H and O–H groups in total. The molecule has 2 heterocycles. The fourth-order valence-corrected chi connectivity index (χ4v) is 4.02. The van der Waals surface area contributed by atoms with Gasteiger partial charge in [0.1, 0.15) is 11.4 Å². The summed E-state index contributed by atoms with van der Waals surface area (Å²) in [6.07, 6.45) is 5.33. The molecular formula is C25H26FN5O3. The molecule has 9 heteroatoms. The van der Waals surface area contributed by atoms with Crippen LogP contribution in [0.4, 0.5) is 4.39 Å². The van der Waals surface area contributed by atoms with Gasteiger partial charge in [-0.25, -0.2) is 13.9 Å². The van der Waals surface area contributed by atoms with Gasteiger partial charge in [-0.2, -0.15) is 0 Å². The molecule has 34 heavy (non-hydrogen) atoms. The first-order valence-corrected chi connectivity index (χ1v) is 11.1. The van der Waals surface area contributed by atoms with E-state index in [1.165, 1.54) is 29.0 Å². The Labute approximate surface area is 195 Å². The van der Waals surface area contributed by atoms with Crippen LogP contribution < -0.4 is 11.2 Å². The Balaban J connectivity index is 1.45. The van der Waals surface area contributed by atoms with Gasteiger partial charge in [0.15, 0.2) is 0 Å². The highest BCUT2D eigenvalue weighted by Crippen LogP contribution is 2.33. The molecule has 0 spiro atoms. The molecule has 0 saturated carbocycles. The number of nitrogens with one attached hydrogen (secondary N) is 1. The Kier molecular flexibility index (Phi) is 6.83. The Morgan fingerprint density at radius 1 is 1.06 bits per heavy atom. The zero-order chi connectivity index (χ0) is 24.1. The average molecular weight is 464 g/mol. The summed E-state index contributed by atoms with van der Waals surface area (Å²) in [6.45, 7) is 2.41. The van der Waals surface area contributed by atoms with Crippen molar-refractivity contribution in [2.24, 2.45) is 0 Å². The molecule has 0 bridgehead atoms. The number of rotatable bonds is 9. The van der Waals surface area contributed by atoms with Gasteiger partial charge in [-0.1, -0.05) is 41.6 Å². The molecule has 0 saturated heterocycles. The highest BCUT2D eigenvalue weighted by molar-refractivity contribution is 5.68. The standard InChI is InChI=1S/C25H26FN5O3/c1-25(34,22-8-3-2-7-21(22)18-9-11-19(26)12-10-18)17-31-20(16-27-29-31)6-4-5-14-30-15-13-23(32)28-24(30)33/h2-3,7-13,15-16,34H,4-6,14,17H2,1H3,(H,28,32,33)/t25-/m1/s1. The minimum Gasteiger partial charge on any atom is -0.383 e. The number of hydrogen-bond acceptors (Lipinski definition) is 5. The average Bonchev–Trinajstić information content (AvgIpc) is 3.24. The topological polar surface area (TPSA) is 106 Å². The quantitative estimate of drug-likeness (QED) is 0.371. The van der Waals surface area contributed by atoms with E-state index in [4.69, 9.17) is 0 Å². The molecule has 0 aliphatic heterocycles. The van der Waals surface area contributed by atoms with Crippen LogP contribution in [0.5, 0.6) is 0 Å². The van der Waals surface area contributed by atoms with Gasteiger partial charge in [0.25, 0.3) is 5.56 Å². The minimum absolute atomic E-state index is 0.194. The summed E-state index contributed by atoms with van der Waals surface area (Å²) in [7, 11) is 0. The van der Waals surface area contributed by atoms with Gasteiger partial charge >= 0.3 is 5.69 Å². The Morgan fingerprint density at radius 2 is 1.82 bits per heavy atom. The monoisotopic (exact) mass is 463 g/mol. The van der Waals surface area contributed by atoms with E-state index < -0.39 is 16.9 Å². The fourth-order valence-electron chi connectivity index (χ4n) is 4.02. The Bertz CT molecular complexity index is 1370. The zero-order valence-electron chi connectivity index (χ0n) is 18.8. The van der Waals surface area contributed by atoms with Crippen LogP contribution in [0.25, 0.3) is 11.1 Å². The summed E-state index contributed by atoms with van der Waals surface area (Å²) in [6, 6.07) is 15.0. The molecule has 4 rings (SSSR count). The number of unbranched alkanes of at least 4 members (excludes halogenated alkanes) is 1. The maximum Gasteiger partial charge on any atom is 0.328 e. The maximum atomic E-state index is 13.4. The lowest BCUT2D eigenvalue weighted by atomic mass is 9.88. The van der Waals surface area contributed by atoms with Crippen LogP contribution in [0, 0.1) is 5.82 Å². The van der Waals surface area contributed by atoms with Crippen molar-refractivity contribution in [1.29, 1.82) is 0 Å². The van der Waals surface area contributed by atoms with Gasteiger partial charge in [0.05, 0.1) is 18.4 Å². The van der Waals surface area contributed by atoms with Crippen LogP contribution in [0.1, 0.15) is 31.0 Å². The predicted octanol–water partition coefficient (Wildman–Crippen LogP) is 2.86. The molecule has 176 valence electrons. The van der Waals surface area contributed by atoms with Crippen LogP contribution in [-0.2, 0) is 25.1 Å². The molecule has 0 aliphatic rings. The van der Waals surface area contributed by atoms with Crippen LogP contribution in [0.15, 0.2) is 76.6 Å². The summed E-state index contributed by atoms with van der Waals surface area (Å²) >= 11 is 0. The van der Waals surface area contributed by atoms with Crippen molar-refractivity contribution >= 4 is 0 Å². The van der Waals surface area contributed by atoms with Crippen molar-refractivity contribution in [3.05, 3.63) is 105 Å². The predicted molar refractivity (Wildman–Crippen MR) is 126 cm³/mol. The number of H-pyrrole nitrogens is 1. The second-order valence-corrected chi connectivity index (χ2v) is 8.47. The highest BCUT2D eigenvalue weighted by Gasteiger charge is 2.28. The third-order valence-electron chi connectivity index (χ3n) is 5.80. The largest absolute Gasteiger partial charge is 0.383 e. The van der Waals surface area contributed by atoms with Crippen molar-refractivity contribution in [2.75, 3.05) is 0 Å². The third-order valence-corrected chi connectivity index (χ3v) is 5.80. The number of benzene rings is 2. The fraction of sp³-hybridized carbons (Fsp3) is 0.280. The number of nitrogens with zero attached hydrogens (tertiary/aromatic N) is 4. The zero-order valence-corrected chi connectivity index (χ0v) is 18.8. The first-order valence-electron chi connectivity index (χ1n) is 11.1. The number of halogens is 1. The molecule has 4 aromatic rings. The van der Waals surface area contributed by atoms with Gasteiger partial charge in [0, 0.05) is 18.8 Å². The van der Waals surface area contributed by atoms with Gasteiger partial charge in [0.2, 0.25) is 0 Å². The van der Waals surface area contributed by atoms with Gasteiger partial charge < -0.3 is 9.67 Å². The van der Waals surface area contributed by atoms with E-state index in [2.05, 4.69) is 15.3 Å². The number of aromatic amines is 1. The molecule has 0 amide bonds. The summed E-state index contributed by atoms with van der Waals surface area (Å²) in [5.41, 5.74) is 1.12. The van der Waals surface area contributed by atoms with Gasteiger partial charge in [-0.15, -0.1) is 5.10 Å². The van der Waals surface area contributed by atoms with Crippen molar-refractivity contribution in [3.63, 3.8) is 0 Å².